The topological polar surface area (TPSA) is 66.9 Å². The van der Waals surface area contributed by atoms with Crippen LogP contribution in [0, 0.1) is 5.82 Å². The largest absolute Gasteiger partial charge is 0.354 e. The lowest BCUT2D eigenvalue weighted by Gasteiger charge is -2.08. The quantitative estimate of drug-likeness (QED) is 0.683. The number of rotatable bonds is 6. The van der Waals surface area contributed by atoms with Crippen molar-refractivity contribution in [3.8, 4) is 0 Å². The molecule has 132 valence electrons. The molecular weight excluding hydrogens is 355 g/mol. The molecule has 0 aliphatic carbocycles. The maximum absolute atomic E-state index is 12.9. The summed E-state index contributed by atoms with van der Waals surface area (Å²) in [7, 11) is 0. The summed E-state index contributed by atoms with van der Waals surface area (Å²) in [5.41, 5.74) is 1.87. The number of carbonyl (C=O) groups is 1. The van der Waals surface area contributed by atoms with E-state index in [0.29, 0.717) is 29.6 Å². The minimum atomic E-state index is -0.337. The Morgan fingerprint density at radius 2 is 1.77 bits per heavy atom. The van der Waals surface area contributed by atoms with Gasteiger partial charge in [0.1, 0.15) is 11.5 Å². The van der Waals surface area contributed by atoms with Gasteiger partial charge in [-0.2, -0.15) is 0 Å². The van der Waals surface area contributed by atoms with Crippen molar-refractivity contribution in [3.63, 3.8) is 0 Å². The fraction of sp³-hybridized carbons (Fsp3) is 0.105. The molecule has 0 saturated carbocycles. The number of carbonyl (C=O) groups excluding carboxylic acids is 1. The molecular formula is C19H16ClFN4O. The predicted octanol–water partition coefficient (Wildman–Crippen LogP) is 4.18. The fourth-order valence-corrected chi connectivity index (χ4v) is 2.39. The smallest absolute Gasteiger partial charge is 0.274 e. The number of benzene rings is 2. The zero-order chi connectivity index (χ0) is 18.4. The third-order valence-corrected chi connectivity index (χ3v) is 3.85. The van der Waals surface area contributed by atoms with E-state index >= 15 is 0 Å². The molecule has 26 heavy (non-hydrogen) atoms. The van der Waals surface area contributed by atoms with Crippen molar-refractivity contribution in [3.05, 3.63) is 82.9 Å². The van der Waals surface area contributed by atoms with Crippen molar-refractivity contribution in [2.75, 3.05) is 17.2 Å². The molecule has 1 aromatic heterocycles. The second kappa shape index (κ2) is 8.40. The Morgan fingerprint density at radius 1 is 1.04 bits per heavy atom. The highest BCUT2D eigenvalue weighted by Gasteiger charge is 2.09. The van der Waals surface area contributed by atoms with E-state index in [0.717, 1.165) is 5.56 Å². The number of nitrogens with one attached hydrogen (secondary N) is 2. The van der Waals surface area contributed by atoms with E-state index in [-0.39, 0.29) is 17.4 Å². The molecule has 0 bridgehead atoms. The van der Waals surface area contributed by atoms with Crippen LogP contribution in [0.4, 0.5) is 16.0 Å². The minimum Gasteiger partial charge on any atom is -0.354 e. The van der Waals surface area contributed by atoms with Gasteiger partial charge in [-0.25, -0.2) is 14.4 Å². The van der Waals surface area contributed by atoms with Gasteiger partial charge in [0.05, 0.1) is 0 Å². The number of hydrogen-bond acceptors (Lipinski definition) is 4. The zero-order valence-corrected chi connectivity index (χ0v) is 14.5. The molecule has 0 radical (unpaired) electrons. The molecule has 0 saturated heterocycles. The number of halogens is 2. The summed E-state index contributed by atoms with van der Waals surface area (Å²) in [6, 6.07) is 14.7. The standard InChI is InChI=1S/C19H16ClFN4O/c20-14-3-7-16(8-4-14)24-18(26)17-10-12-23-19(25-17)22-11-9-13-1-5-15(21)6-2-13/h1-8,10,12H,9,11H2,(H,24,26)(H,22,23,25). The maximum Gasteiger partial charge on any atom is 0.274 e. The van der Waals surface area contributed by atoms with Gasteiger partial charge in [0.15, 0.2) is 0 Å². The molecule has 1 amide bonds. The van der Waals surface area contributed by atoms with Crippen LogP contribution in [0.1, 0.15) is 16.1 Å². The summed E-state index contributed by atoms with van der Waals surface area (Å²) in [5.74, 6) is -0.239. The molecule has 2 aromatic carbocycles. The lowest BCUT2D eigenvalue weighted by Crippen LogP contribution is -2.16. The van der Waals surface area contributed by atoms with E-state index in [4.69, 9.17) is 11.6 Å². The summed E-state index contributed by atoms with van der Waals surface area (Å²) in [6.07, 6.45) is 2.20. The van der Waals surface area contributed by atoms with Gasteiger partial charge in [-0.15, -0.1) is 0 Å². The van der Waals surface area contributed by atoms with Crippen molar-refractivity contribution in [1.29, 1.82) is 0 Å². The Morgan fingerprint density at radius 3 is 2.50 bits per heavy atom. The van der Waals surface area contributed by atoms with E-state index in [1.165, 1.54) is 24.4 Å². The van der Waals surface area contributed by atoms with Crippen LogP contribution in [0.15, 0.2) is 60.8 Å². The van der Waals surface area contributed by atoms with Crippen LogP contribution in [0.3, 0.4) is 0 Å². The van der Waals surface area contributed by atoms with Gasteiger partial charge in [-0.1, -0.05) is 23.7 Å². The van der Waals surface area contributed by atoms with Crippen molar-refractivity contribution in [1.82, 2.24) is 9.97 Å². The Labute approximate surface area is 155 Å². The summed E-state index contributed by atoms with van der Waals surface area (Å²) < 4.78 is 12.9. The summed E-state index contributed by atoms with van der Waals surface area (Å²) >= 11 is 5.83. The van der Waals surface area contributed by atoms with Crippen molar-refractivity contribution in [2.24, 2.45) is 0 Å². The Balaban J connectivity index is 1.57. The lowest BCUT2D eigenvalue weighted by molar-refractivity contribution is 0.102. The first-order valence-corrected chi connectivity index (χ1v) is 8.36. The summed E-state index contributed by atoms with van der Waals surface area (Å²) in [4.78, 5) is 20.6. The van der Waals surface area contributed by atoms with Crippen LogP contribution >= 0.6 is 11.6 Å². The van der Waals surface area contributed by atoms with Gasteiger partial charge in [0, 0.05) is 23.5 Å². The molecule has 0 aliphatic rings. The van der Waals surface area contributed by atoms with E-state index in [2.05, 4.69) is 20.6 Å². The van der Waals surface area contributed by atoms with Crippen LogP contribution in [0.25, 0.3) is 0 Å². The van der Waals surface area contributed by atoms with Gasteiger partial charge >= 0.3 is 0 Å². The maximum atomic E-state index is 12.9. The number of aromatic nitrogens is 2. The highest BCUT2D eigenvalue weighted by atomic mass is 35.5. The van der Waals surface area contributed by atoms with Crippen molar-refractivity contribution < 1.29 is 9.18 Å². The van der Waals surface area contributed by atoms with Crippen LogP contribution in [0.2, 0.25) is 5.02 Å². The normalized spacial score (nSPS) is 10.4. The lowest BCUT2D eigenvalue weighted by atomic mass is 10.1. The molecule has 2 N–H and O–H groups in total. The van der Waals surface area contributed by atoms with Gasteiger partial charge in [0.25, 0.3) is 5.91 Å². The average Bonchev–Trinajstić information content (AvgIpc) is 2.65. The van der Waals surface area contributed by atoms with Crippen molar-refractivity contribution in [2.45, 2.75) is 6.42 Å². The SMILES string of the molecule is O=C(Nc1ccc(Cl)cc1)c1ccnc(NCCc2ccc(F)cc2)n1. The molecule has 5 nitrogen and oxygen atoms in total. The van der Waals surface area contributed by atoms with Crippen molar-refractivity contribution >= 4 is 29.1 Å². The number of nitrogens with zero attached hydrogens (tertiary/aromatic N) is 2. The number of amides is 1. The second-order valence-electron chi connectivity index (χ2n) is 5.53. The van der Waals surface area contributed by atoms with E-state index < -0.39 is 0 Å². The van der Waals surface area contributed by atoms with Gasteiger partial charge in [-0.3, -0.25) is 4.79 Å². The monoisotopic (exact) mass is 370 g/mol. The van der Waals surface area contributed by atoms with E-state index in [1.807, 2.05) is 0 Å². The summed E-state index contributed by atoms with van der Waals surface area (Å²) in [5, 5.41) is 6.40. The first-order chi connectivity index (χ1) is 12.6. The Hall–Kier alpha value is -2.99. The molecule has 0 atom stereocenters. The predicted molar refractivity (Wildman–Crippen MR) is 100 cm³/mol. The molecule has 3 rings (SSSR count). The van der Waals surface area contributed by atoms with Crippen LogP contribution in [0.5, 0.6) is 0 Å². The van der Waals surface area contributed by atoms with Crippen LogP contribution in [-0.2, 0) is 6.42 Å². The molecule has 0 spiro atoms. The molecule has 0 unspecified atom stereocenters. The number of hydrogen-bond donors (Lipinski definition) is 2. The third kappa shape index (κ3) is 5.00. The highest BCUT2D eigenvalue weighted by Crippen LogP contribution is 2.14. The van der Waals surface area contributed by atoms with E-state index in [1.54, 1.807) is 36.4 Å². The molecule has 7 heteroatoms. The summed E-state index contributed by atoms with van der Waals surface area (Å²) in [6.45, 7) is 0.563. The first-order valence-electron chi connectivity index (χ1n) is 7.98. The van der Waals surface area contributed by atoms with Crippen LogP contribution < -0.4 is 10.6 Å². The Bertz CT molecular complexity index is 885. The molecule has 1 heterocycles. The van der Waals surface area contributed by atoms with Gasteiger partial charge in [0.2, 0.25) is 5.95 Å². The minimum absolute atomic E-state index is 0.249. The fourth-order valence-electron chi connectivity index (χ4n) is 2.27. The van der Waals surface area contributed by atoms with E-state index in [9.17, 15) is 9.18 Å². The second-order valence-corrected chi connectivity index (χ2v) is 5.97. The number of anilines is 2. The van der Waals surface area contributed by atoms with Crippen LogP contribution in [-0.4, -0.2) is 22.4 Å². The Kier molecular flexibility index (Phi) is 5.76. The van der Waals surface area contributed by atoms with Gasteiger partial charge in [-0.05, 0) is 54.4 Å². The first kappa shape index (κ1) is 17.8. The highest BCUT2D eigenvalue weighted by molar-refractivity contribution is 6.30. The molecule has 3 aromatic rings. The third-order valence-electron chi connectivity index (χ3n) is 3.60. The van der Waals surface area contributed by atoms with Gasteiger partial charge < -0.3 is 10.6 Å². The zero-order valence-electron chi connectivity index (χ0n) is 13.7. The molecule has 0 aliphatic heterocycles. The molecule has 0 fully saturated rings. The average molecular weight is 371 g/mol.